The van der Waals surface area contributed by atoms with E-state index < -0.39 is 0 Å². The molecule has 0 spiro atoms. The molecule has 0 bridgehead atoms. The topological polar surface area (TPSA) is 38.9 Å². The molecule has 0 aliphatic carbocycles. The first kappa shape index (κ1) is 36.0. The van der Waals surface area contributed by atoms with Crippen LogP contribution in [-0.4, -0.2) is 9.97 Å². The summed E-state index contributed by atoms with van der Waals surface area (Å²) in [7, 11) is 0. The van der Waals surface area contributed by atoms with Gasteiger partial charge in [0.05, 0.1) is 11.4 Å². The second-order valence-electron chi connectivity index (χ2n) is 15.3. The van der Waals surface area contributed by atoms with Gasteiger partial charge in [0.15, 0.2) is 5.82 Å². The highest BCUT2D eigenvalue weighted by molar-refractivity contribution is 6.07. The molecule has 61 heavy (non-hydrogen) atoms. The van der Waals surface area contributed by atoms with Gasteiger partial charge in [-0.3, -0.25) is 0 Å². The van der Waals surface area contributed by atoms with Gasteiger partial charge in [0.25, 0.3) is 0 Å². The van der Waals surface area contributed by atoms with Gasteiger partial charge in [0, 0.05) is 27.5 Å². The summed E-state index contributed by atoms with van der Waals surface area (Å²) in [4.78, 5) is 10.0. The summed E-state index contributed by atoms with van der Waals surface area (Å²) in [5, 5.41) is 2.25. The summed E-state index contributed by atoms with van der Waals surface area (Å²) in [6.07, 6.45) is 0. The lowest BCUT2D eigenvalue weighted by Gasteiger charge is -2.19. The van der Waals surface area contributed by atoms with E-state index in [1.807, 2.05) is 48.5 Å². The van der Waals surface area contributed by atoms with Crippen molar-refractivity contribution in [3.63, 3.8) is 0 Å². The first-order chi connectivity index (χ1) is 30.2. The fraction of sp³-hybridized carbons (Fsp3) is 0. The van der Waals surface area contributed by atoms with Gasteiger partial charge in [-0.2, -0.15) is 0 Å². The molecule has 0 fully saturated rings. The molecular formula is C58H38N2O. The first-order valence-electron chi connectivity index (χ1n) is 20.6. The Morgan fingerprint density at radius 1 is 0.262 bits per heavy atom. The molecule has 0 N–H and O–H groups in total. The van der Waals surface area contributed by atoms with Crippen LogP contribution in [0, 0.1) is 0 Å². The third kappa shape index (κ3) is 6.98. The maximum atomic E-state index is 6.42. The Morgan fingerprint density at radius 3 is 1.31 bits per heavy atom. The lowest BCUT2D eigenvalue weighted by atomic mass is 9.84. The Bertz CT molecular complexity index is 3250. The normalized spacial score (nSPS) is 11.3. The van der Waals surface area contributed by atoms with Crippen molar-refractivity contribution in [2.45, 2.75) is 0 Å². The van der Waals surface area contributed by atoms with Crippen LogP contribution in [-0.2, 0) is 0 Å². The second-order valence-corrected chi connectivity index (χ2v) is 15.3. The zero-order valence-corrected chi connectivity index (χ0v) is 33.2. The Morgan fingerprint density at radius 2 is 0.689 bits per heavy atom. The number of furan rings is 1. The third-order valence-corrected chi connectivity index (χ3v) is 11.5. The molecule has 0 aliphatic rings. The summed E-state index contributed by atoms with van der Waals surface area (Å²) < 4.78 is 6.42. The highest BCUT2D eigenvalue weighted by Gasteiger charge is 2.19. The fourth-order valence-corrected chi connectivity index (χ4v) is 8.45. The van der Waals surface area contributed by atoms with E-state index >= 15 is 0 Å². The van der Waals surface area contributed by atoms with E-state index in [0.717, 1.165) is 89.0 Å². The Kier molecular flexibility index (Phi) is 9.18. The van der Waals surface area contributed by atoms with Crippen molar-refractivity contribution in [1.29, 1.82) is 0 Å². The summed E-state index contributed by atoms with van der Waals surface area (Å²) in [5.41, 5.74) is 18.2. The van der Waals surface area contributed by atoms with E-state index in [1.54, 1.807) is 0 Å². The van der Waals surface area contributed by atoms with Crippen molar-refractivity contribution in [3.05, 3.63) is 231 Å². The molecule has 286 valence electrons. The molecule has 0 aliphatic heterocycles. The van der Waals surface area contributed by atoms with Crippen LogP contribution in [0.1, 0.15) is 0 Å². The number of fused-ring (bicyclic) bond motifs is 3. The number of para-hydroxylation sites is 1. The molecule has 0 radical (unpaired) electrons. The Hall–Kier alpha value is -8.14. The quantitative estimate of drug-likeness (QED) is 0.154. The molecular weight excluding hydrogens is 741 g/mol. The molecule has 0 saturated heterocycles. The number of rotatable bonds is 8. The summed E-state index contributed by atoms with van der Waals surface area (Å²) in [6.45, 7) is 0. The highest BCUT2D eigenvalue weighted by Crippen LogP contribution is 2.45. The lowest BCUT2D eigenvalue weighted by Crippen LogP contribution is -1.95. The summed E-state index contributed by atoms with van der Waals surface area (Å²) >= 11 is 0. The van der Waals surface area contributed by atoms with Gasteiger partial charge >= 0.3 is 0 Å². The van der Waals surface area contributed by atoms with Crippen molar-refractivity contribution < 1.29 is 4.42 Å². The van der Waals surface area contributed by atoms with Crippen molar-refractivity contribution in [2.24, 2.45) is 0 Å². The van der Waals surface area contributed by atoms with E-state index in [2.05, 4.69) is 182 Å². The van der Waals surface area contributed by atoms with Crippen LogP contribution in [0.25, 0.3) is 111 Å². The Balaban J connectivity index is 0.999. The summed E-state index contributed by atoms with van der Waals surface area (Å²) in [6, 6.07) is 81.3. The molecule has 0 saturated carbocycles. The first-order valence-corrected chi connectivity index (χ1v) is 20.6. The summed E-state index contributed by atoms with van der Waals surface area (Å²) in [5.74, 6) is 0.709. The zero-order chi connectivity index (χ0) is 40.5. The minimum Gasteiger partial charge on any atom is -0.456 e. The minimum atomic E-state index is 0.709. The standard InChI is InChI=1S/C58H38N2O/c1-5-15-39(16-6-1)48-35-51(57(45-19-9-3-10-20-45)52(36-48)47-33-34-50-49-23-13-14-24-55(49)61-56(50)37-47)42-29-25-40(26-30-42)41-27-31-44(32-28-41)54-38-53(43-17-7-2-8-18-43)59-58(60-54)46-21-11-4-12-22-46/h1-38H. The SMILES string of the molecule is c1ccc(-c2cc(-c3ccc(-c4ccc(-c5cc(-c6ccccc6)nc(-c6ccccc6)n5)cc4)cc3)c(-c3ccccc3)c(-c3ccc4c(c3)oc3ccccc34)c2)cc1. The van der Waals surface area contributed by atoms with Crippen LogP contribution in [0.4, 0.5) is 0 Å². The molecule has 2 heterocycles. The van der Waals surface area contributed by atoms with Gasteiger partial charge in [0.1, 0.15) is 11.2 Å². The van der Waals surface area contributed by atoms with E-state index in [-0.39, 0.29) is 0 Å². The van der Waals surface area contributed by atoms with Crippen molar-refractivity contribution in [2.75, 3.05) is 0 Å². The number of nitrogens with zero attached hydrogens (tertiary/aromatic N) is 2. The molecule has 0 amide bonds. The van der Waals surface area contributed by atoms with Gasteiger partial charge in [-0.15, -0.1) is 0 Å². The van der Waals surface area contributed by atoms with Crippen LogP contribution in [0.5, 0.6) is 0 Å². The number of benzene rings is 9. The van der Waals surface area contributed by atoms with E-state index in [1.165, 1.54) is 16.7 Å². The largest absolute Gasteiger partial charge is 0.456 e. The van der Waals surface area contributed by atoms with Crippen LogP contribution < -0.4 is 0 Å². The molecule has 11 rings (SSSR count). The molecule has 11 aromatic rings. The third-order valence-electron chi connectivity index (χ3n) is 11.5. The van der Waals surface area contributed by atoms with Crippen molar-refractivity contribution in [3.8, 4) is 89.5 Å². The van der Waals surface area contributed by atoms with Gasteiger partial charge in [0.2, 0.25) is 0 Å². The molecule has 3 nitrogen and oxygen atoms in total. The van der Waals surface area contributed by atoms with Gasteiger partial charge in [-0.05, 0) is 92.0 Å². The lowest BCUT2D eigenvalue weighted by molar-refractivity contribution is 0.669. The molecule has 3 heteroatoms. The Labute approximate surface area is 354 Å². The maximum absolute atomic E-state index is 6.42. The van der Waals surface area contributed by atoms with Crippen LogP contribution >= 0.6 is 0 Å². The van der Waals surface area contributed by atoms with Crippen LogP contribution in [0.2, 0.25) is 0 Å². The minimum absolute atomic E-state index is 0.709. The van der Waals surface area contributed by atoms with E-state index in [4.69, 9.17) is 14.4 Å². The number of aromatic nitrogens is 2. The van der Waals surface area contributed by atoms with Crippen LogP contribution in [0.15, 0.2) is 235 Å². The van der Waals surface area contributed by atoms with Crippen molar-refractivity contribution >= 4 is 21.9 Å². The molecule has 9 aromatic carbocycles. The van der Waals surface area contributed by atoms with E-state index in [9.17, 15) is 0 Å². The second kappa shape index (κ2) is 15.6. The van der Waals surface area contributed by atoms with Gasteiger partial charge in [-0.1, -0.05) is 194 Å². The fourth-order valence-electron chi connectivity index (χ4n) is 8.45. The maximum Gasteiger partial charge on any atom is 0.160 e. The molecule has 2 aromatic heterocycles. The number of hydrogen-bond donors (Lipinski definition) is 0. The van der Waals surface area contributed by atoms with Crippen LogP contribution in [0.3, 0.4) is 0 Å². The predicted molar refractivity (Wildman–Crippen MR) is 253 cm³/mol. The zero-order valence-electron chi connectivity index (χ0n) is 33.2. The van der Waals surface area contributed by atoms with Gasteiger partial charge in [-0.25, -0.2) is 9.97 Å². The molecule has 0 atom stereocenters. The smallest absolute Gasteiger partial charge is 0.160 e. The highest BCUT2D eigenvalue weighted by atomic mass is 16.3. The predicted octanol–water partition coefficient (Wildman–Crippen LogP) is 15.7. The van der Waals surface area contributed by atoms with Crippen molar-refractivity contribution in [1.82, 2.24) is 9.97 Å². The average Bonchev–Trinajstić information content (AvgIpc) is 3.73. The monoisotopic (exact) mass is 778 g/mol. The molecule has 0 unspecified atom stereocenters. The number of hydrogen-bond acceptors (Lipinski definition) is 3. The average molecular weight is 779 g/mol. The van der Waals surface area contributed by atoms with E-state index in [0.29, 0.717) is 5.82 Å². The van der Waals surface area contributed by atoms with Gasteiger partial charge < -0.3 is 4.42 Å².